The van der Waals surface area contributed by atoms with E-state index in [4.69, 9.17) is 9.84 Å². The van der Waals surface area contributed by atoms with E-state index in [9.17, 15) is 19.2 Å². The molecule has 0 aliphatic carbocycles. The molecule has 0 aliphatic heterocycles. The maximum atomic E-state index is 11.7. The van der Waals surface area contributed by atoms with E-state index in [0.717, 1.165) is 32.1 Å². The molecule has 1 amide bonds. The van der Waals surface area contributed by atoms with Crippen LogP contribution >= 0.6 is 0 Å². The molecule has 8 heteroatoms. The summed E-state index contributed by atoms with van der Waals surface area (Å²) in [6.45, 7) is 6.13. The van der Waals surface area contributed by atoms with Gasteiger partial charge in [0.15, 0.2) is 6.61 Å². The number of rotatable bonds is 13. The predicted octanol–water partition coefficient (Wildman–Crippen LogP) is 1.58. The highest BCUT2D eigenvalue weighted by atomic mass is 16.5. The SMILES string of the molecule is C=C(CC(=O)O[C@@H](C)CCCCCC)C(=O)OCC(=O)NCC(=O)O. The van der Waals surface area contributed by atoms with Crippen molar-refractivity contribution in [3.8, 4) is 0 Å². The zero-order valence-corrected chi connectivity index (χ0v) is 14.8. The molecule has 0 aliphatic rings. The second-order valence-corrected chi connectivity index (χ2v) is 5.68. The van der Waals surface area contributed by atoms with Gasteiger partial charge in [-0.15, -0.1) is 0 Å². The Morgan fingerprint density at radius 3 is 2.44 bits per heavy atom. The summed E-state index contributed by atoms with van der Waals surface area (Å²) in [6, 6.07) is 0. The number of carboxylic acid groups (broad SMARTS) is 1. The lowest BCUT2D eigenvalue weighted by Crippen LogP contribution is -2.33. The molecule has 142 valence electrons. The zero-order valence-electron chi connectivity index (χ0n) is 14.8. The van der Waals surface area contributed by atoms with E-state index in [0.29, 0.717) is 0 Å². The molecule has 0 aromatic heterocycles. The number of aliphatic carboxylic acids is 1. The summed E-state index contributed by atoms with van der Waals surface area (Å²) in [5.41, 5.74) is -0.130. The smallest absolute Gasteiger partial charge is 0.334 e. The van der Waals surface area contributed by atoms with Crippen LogP contribution < -0.4 is 5.32 Å². The second-order valence-electron chi connectivity index (χ2n) is 5.68. The van der Waals surface area contributed by atoms with Crippen molar-refractivity contribution in [3.63, 3.8) is 0 Å². The average Bonchev–Trinajstić information content (AvgIpc) is 2.54. The Bertz CT molecular complexity index is 487. The number of unbranched alkanes of at least 4 members (excludes halogenated alkanes) is 3. The Hall–Kier alpha value is -2.38. The Morgan fingerprint density at radius 1 is 1.16 bits per heavy atom. The average molecular weight is 357 g/mol. The number of carbonyl (C=O) groups excluding carboxylic acids is 3. The monoisotopic (exact) mass is 357 g/mol. The van der Waals surface area contributed by atoms with Gasteiger partial charge in [-0.05, 0) is 19.8 Å². The fourth-order valence-corrected chi connectivity index (χ4v) is 1.89. The van der Waals surface area contributed by atoms with Crippen LogP contribution in [-0.2, 0) is 28.7 Å². The third kappa shape index (κ3) is 12.7. The van der Waals surface area contributed by atoms with Crippen LogP contribution in [0.25, 0.3) is 0 Å². The Balaban J connectivity index is 4.01. The van der Waals surface area contributed by atoms with Crippen molar-refractivity contribution in [2.45, 2.75) is 58.5 Å². The number of ether oxygens (including phenoxy) is 2. The third-order valence-electron chi connectivity index (χ3n) is 3.21. The van der Waals surface area contributed by atoms with Gasteiger partial charge >= 0.3 is 17.9 Å². The van der Waals surface area contributed by atoms with Crippen molar-refractivity contribution in [2.24, 2.45) is 0 Å². The largest absolute Gasteiger partial charge is 0.480 e. The highest BCUT2D eigenvalue weighted by Crippen LogP contribution is 2.10. The lowest BCUT2D eigenvalue weighted by atomic mass is 10.1. The van der Waals surface area contributed by atoms with E-state index in [-0.39, 0.29) is 18.1 Å². The number of nitrogens with one attached hydrogen (secondary N) is 1. The lowest BCUT2D eigenvalue weighted by Gasteiger charge is -2.13. The molecule has 8 nitrogen and oxygen atoms in total. The third-order valence-corrected chi connectivity index (χ3v) is 3.21. The molecule has 0 spiro atoms. The molecule has 0 saturated heterocycles. The molecule has 0 saturated carbocycles. The maximum Gasteiger partial charge on any atom is 0.334 e. The van der Waals surface area contributed by atoms with Gasteiger partial charge in [-0.25, -0.2) is 4.79 Å². The molecule has 0 rings (SSSR count). The molecule has 0 aromatic rings. The predicted molar refractivity (Wildman–Crippen MR) is 89.7 cm³/mol. The molecular formula is C17H27NO7. The van der Waals surface area contributed by atoms with Gasteiger partial charge in [0.05, 0.1) is 12.5 Å². The van der Waals surface area contributed by atoms with Gasteiger partial charge in [0.1, 0.15) is 6.54 Å². The number of carboxylic acids is 1. The van der Waals surface area contributed by atoms with Crippen LogP contribution in [-0.4, -0.2) is 48.2 Å². The normalized spacial score (nSPS) is 11.3. The number of esters is 2. The molecular weight excluding hydrogens is 330 g/mol. The van der Waals surface area contributed by atoms with E-state index in [1.807, 2.05) is 5.32 Å². The zero-order chi connectivity index (χ0) is 19.2. The first-order valence-corrected chi connectivity index (χ1v) is 8.29. The number of carbonyl (C=O) groups is 4. The second kappa shape index (κ2) is 13.0. The molecule has 0 fully saturated rings. The fraction of sp³-hybridized carbons (Fsp3) is 0.647. The Labute approximate surface area is 147 Å². The molecule has 0 heterocycles. The first-order valence-electron chi connectivity index (χ1n) is 8.29. The van der Waals surface area contributed by atoms with E-state index in [1.165, 1.54) is 0 Å². The lowest BCUT2D eigenvalue weighted by molar-refractivity contribution is -0.151. The van der Waals surface area contributed by atoms with Gasteiger partial charge in [-0.2, -0.15) is 0 Å². The summed E-state index contributed by atoms with van der Waals surface area (Å²) < 4.78 is 9.83. The van der Waals surface area contributed by atoms with E-state index in [2.05, 4.69) is 18.2 Å². The molecule has 25 heavy (non-hydrogen) atoms. The van der Waals surface area contributed by atoms with Gasteiger partial charge < -0.3 is 19.9 Å². The topological polar surface area (TPSA) is 119 Å². The first kappa shape index (κ1) is 22.6. The van der Waals surface area contributed by atoms with Crippen LogP contribution in [0, 0.1) is 0 Å². The number of hydrogen-bond donors (Lipinski definition) is 2. The van der Waals surface area contributed by atoms with Crippen molar-refractivity contribution in [1.29, 1.82) is 0 Å². The maximum absolute atomic E-state index is 11.7. The molecule has 2 N–H and O–H groups in total. The number of hydrogen-bond acceptors (Lipinski definition) is 6. The summed E-state index contributed by atoms with van der Waals surface area (Å²) >= 11 is 0. The van der Waals surface area contributed by atoms with Gasteiger partial charge in [-0.1, -0.05) is 32.8 Å². The van der Waals surface area contributed by atoms with Crippen LogP contribution in [0.1, 0.15) is 52.4 Å². The molecule has 0 bridgehead atoms. The van der Waals surface area contributed by atoms with E-state index >= 15 is 0 Å². The molecule has 0 unspecified atom stereocenters. The van der Waals surface area contributed by atoms with E-state index < -0.39 is 37.0 Å². The fourth-order valence-electron chi connectivity index (χ4n) is 1.89. The number of amides is 1. The summed E-state index contributed by atoms with van der Waals surface area (Å²) in [5, 5.41) is 10.4. The van der Waals surface area contributed by atoms with Crippen LogP contribution in [0.2, 0.25) is 0 Å². The summed E-state index contributed by atoms with van der Waals surface area (Å²) in [5.74, 6) is -3.46. The Morgan fingerprint density at radius 2 is 1.84 bits per heavy atom. The highest BCUT2D eigenvalue weighted by molar-refractivity contribution is 5.94. The van der Waals surface area contributed by atoms with Crippen LogP contribution in [0.4, 0.5) is 0 Å². The molecule has 0 radical (unpaired) electrons. The molecule has 1 atom stereocenters. The van der Waals surface area contributed by atoms with Crippen molar-refractivity contribution < 1.29 is 33.8 Å². The first-order chi connectivity index (χ1) is 11.8. The van der Waals surface area contributed by atoms with Crippen LogP contribution in [0.15, 0.2) is 12.2 Å². The highest BCUT2D eigenvalue weighted by Gasteiger charge is 2.17. The van der Waals surface area contributed by atoms with Crippen molar-refractivity contribution >= 4 is 23.8 Å². The van der Waals surface area contributed by atoms with Gasteiger partial charge in [0.25, 0.3) is 5.91 Å². The minimum absolute atomic E-state index is 0.130. The Kier molecular flexibility index (Phi) is 11.7. The van der Waals surface area contributed by atoms with E-state index in [1.54, 1.807) is 6.92 Å². The minimum atomic E-state index is -1.21. The minimum Gasteiger partial charge on any atom is -0.480 e. The molecule has 0 aromatic carbocycles. The van der Waals surface area contributed by atoms with Gasteiger partial charge in [-0.3, -0.25) is 14.4 Å². The van der Waals surface area contributed by atoms with Crippen molar-refractivity contribution in [3.05, 3.63) is 12.2 Å². The summed E-state index contributed by atoms with van der Waals surface area (Å²) in [4.78, 5) is 44.8. The van der Waals surface area contributed by atoms with Crippen molar-refractivity contribution in [2.75, 3.05) is 13.2 Å². The van der Waals surface area contributed by atoms with Crippen LogP contribution in [0.5, 0.6) is 0 Å². The summed E-state index contributed by atoms with van der Waals surface area (Å²) in [6.07, 6.45) is 4.52. The summed E-state index contributed by atoms with van der Waals surface area (Å²) in [7, 11) is 0. The van der Waals surface area contributed by atoms with Crippen LogP contribution in [0.3, 0.4) is 0 Å². The standard InChI is InChI=1S/C17H27NO7/c1-4-5-6-7-8-13(3)25-16(22)9-12(2)17(23)24-11-14(19)18-10-15(20)21/h13H,2,4-11H2,1,3H3,(H,18,19)(H,20,21)/t13-/m0/s1. The van der Waals surface area contributed by atoms with Gasteiger partial charge in [0.2, 0.25) is 0 Å². The quantitative estimate of drug-likeness (QED) is 0.292. The van der Waals surface area contributed by atoms with Gasteiger partial charge in [0, 0.05) is 5.57 Å². The van der Waals surface area contributed by atoms with Crippen molar-refractivity contribution in [1.82, 2.24) is 5.32 Å².